The number of benzene rings is 1. The molecule has 0 radical (unpaired) electrons. The fourth-order valence-electron chi connectivity index (χ4n) is 4.63. The van der Waals surface area contributed by atoms with E-state index >= 15 is 0 Å². The van der Waals surface area contributed by atoms with Gasteiger partial charge < -0.3 is 20.1 Å². The van der Waals surface area contributed by atoms with Crippen molar-refractivity contribution in [1.82, 2.24) is 29.8 Å². The van der Waals surface area contributed by atoms with E-state index in [1.807, 2.05) is 24.3 Å². The average molecular weight is 517 g/mol. The number of piperidine rings is 1. The lowest BCUT2D eigenvalue weighted by Crippen LogP contribution is -2.40. The molecule has 0 amide bonds. The van der Waals surface area contributed by atoms with Gasteiger partial charge in [-0.2, -0.15) is 18.2 Å². The van der Waals surface area contributed by atoms with Gasteiger partial charge in [0.25, 0.3) is 5.56 Å². The molecule has 0 saturated carbocycles. The van der Waals surface area contributed by atoms with Gasteiger partial charge in [-0.25, -0.2) is 9.97 Å². The molecule has 13 heteroatoms. The number of imidazole rings is 1. The number of fused-ring (bicyclic) bond motifs is 2. The van der Waals surface area contributed by atoms with Crippen molar-refractivity contribution in [3.8, 4) is 10.6 Å². The van der Waals surface area contributed by atoms with Crippen LogP contribution in [0.5, 0.6) is 0 Å². The molecule has 3 aromatic heterocycles. The molecule has 0 aliphatic carbocycles. The number of aromatic amines is 1. The first-order valence-corrected chi connectivity index (χ1v) is 12.5. The summed E-state index contributed by atoms with van der Waals surface area (Å²) in [5.74, 6) is 0.989. The van der Waals surface area contributed by atoms with Crippen LogP contribution in [-0.4, -0.2) is 50.2 Å². The number of H-pyrrole nitrogens is 1. The SMILES string of the molecule is O=c1[nH]c(N2CCn3cc(C(F)(F)F)nc3C2)nc(N[C@@H]2CCCNC2)c1-c1nc2ccccc2s1. The molecule has 0 bridgehead atoms. The summed E-state index contributed by atoms with van der Waals surface area (Å²) in [5, 5.41) is 7.35. The molecule has 1 saturated heterocycles. The summed E-state index contributed by atoms with van der Waals surface area (Å²) < 4.78 is 41.9. The van der Waals surface area contributed by atoms with Gasteiger partial charge in [0.15, 0.2) is 5.69 Å². The Morgan fingerprint density at radius 3 is 2.78 bits per heavy atom. The maximum atomic E-state index is 13.4. The molecule has 3 N–H and O–H groups in total. The van der Waals surface area contributed by atoms with Crippen LogP contribution in [0.1, 0.15) is 24.4 Å². The second kappa shape index (κ2) is 8.89. The van der Waals surface area contributed by atoms with Crippen LogP contribution in [0.3, 0.4) is 0 Å². The van der Waals surface area contributed by atoms with Crippen LogP contribution in [0.25, 0.3) is 20.8 Å². The summed E-state index contributed by atoms with van der Waals surface area (Å²) in [7, 11) is 0. The maximum Gasteiger partial charge on any atom is 0.434 e. The summed E-state index contributed by atoms with van der Waals surface area (Å²) in [4.78, 5) is 31.2. The largest absolute Gasteiger partial charge is 0.434 e. The van der Waals surface area contributed by atoms with E-state index in [9.17, 15) is 18.0 Å². The monoisotopic (exact) mass is 516 g/mol. The fourth-order valence-corrected chi connectivity index (χ4v) is 5.64. The molecular weight excluding hydrogens is 493 g/mol. The number of hydrogen-bond donors (Lipinski definition) is 3. The zero-order chi connectivity index (χ0) is 24.9. The normalized spacial score (nSPS) is 18.4. The topological polar surface area (TPSA) is 104 Å². The van der Waals surface area contributed by atoms with Gasteiger partial charge in [0, 0.05) is 31.9 Å². The Balaban J connectivity index is 1.38. The lowest BCUT2D eigenvalue weighted by molar-refractivity contribution is -0.141. The van der Waals surface area contributed by atoms with Crippen LogP contribution in [0.15, 0.2) is 35.3 Å². The van der Waals surface area contributed by atoms with Crippen molar-refractivity contribution in [2.75, 3.05) is 29.9 Å². The number of halogens is 3. The smallest absolute Gasteiger partial charge is 0.365 e. The number of hydrogen-bond acceptors (Lipinski definition) is 8. The number of nitrogens with zero attached hydrogens (tertiary/aromatic N) is 5. The average Bonchev–Trinajstić information content (AvgIpc) is 3.48. The summed E-state index contributed by atoms with van der Waals surface area (Å²) in [6.07, 6.45) is -1.55. The predicted molar refractivity (Wildman–Crippen MR) is 131 cm³/mol. The van der Waals surface area contributed by atoms with Crippen molar-refractivity contribution < 1.29 is 13.2 Å². The summed E-state index contributed by atoms with van der Waals surface area (Å²) in [6.45, 7) is 2.47. The number of alkyl halides is 3. The minimum absolute atomic E-state index is 0.0867. The van der Waals surface area contributed by atoms with Crippen LogP contribution in [0, 0.1) is 0 Å². The number of aromatic nitrogens is 5. The molecule has 0 unspecified atom stereocenters. The predicted octanol–water partition coefficient (Wildman–Crippen LogP) is 3.45. The third-order valence-electron chi connectivity index (χ3n) is 6.44. The summed E-state index contributed by atoms with van der Waals surface area (Å²) >= 11 is 1.42. The fraction of sp³-hybridized carbons (Fsp3) is 0.391. The van der Waals surface area contributed by atoms with Gasteiger partial charge in [0.1, 0.15) is 22.2 Å². The number of thiazole rings is 1. The van der Waals surface area contributed by atoms with Crippen LogP contribution >= 0.6 is 11.3 Å². The first-order valence-electron chi connectivity index (χ1n) is 11.7. The number of nitrogens with one attached hydrogen (secondary N) is 3. The zero-order valence-electron chi connectivity index (χ0n) is 19.1. The van der Waals surface area contributed by atoms with E-state index in [1.165, 1.54) is 15.9 Å². The van der Waals surface area contributed by atoms with E-state index in [0.717, 1.165) is 42.3 Å². The highest BCUT2D eigenvalue weighted by molar-refractivity contribution is 7.21. The molecule has 2 aliphatic heterocycles. The molecule has 1 fully saturated rings. The van der Waals surface area contributed by atoms with E-state index in [2.05, 4.69) is 25.6 Å². The molecule has 6 rings (SSSR count). The van der Waals surface area contributed by atoms with E-state index < -0.39 is 11.9 Å². The molecule has 0 spiro atoms. The molecule has 1 aromatic carbocycles. The molecular formula is C23H23F3N8OS. The van der Waals surface area contributed by atoms with Crippen LogP contribution in [0.2, 0.25) is 0 Å². The van der Waals surface area contributed by atoms with Crippen molar-refractivity contribution in [2.45, 2.75) is 38.1 Å². The van der Waals surface area contributed by atoms with E-state index in [1.54, 1.807) is 4.90 Å². The standard InChI is InChI=1S/C23H23F3N8OS/c24-23(25,26)16-11-33-8-9-34(12-17(33)30-16)22-31-19(28-13-4-3-7-27-10-13)18(20(35)32-22)21-29-14-5-1-2-6-15(14)36-21/h1-2,5-6,11,13,27H,3-4,7-10,12H2,(H2,28,31,32,35)/t13-/m1/s1. The van der Waals surface area contributed by atoms with E-state index in [-0.39, 0.29) is 24.0 Å². The van der Waals surface area contributed by atoms with Crippen LogP contribution in [0.4, 0.5) is 24.9 Å². The van der Waals surface area contributed by atoms with E-state index in [0.29, 0.717) is 35.4 Å². The van der Waals surface area contributed by atoms with Gasteiger partial charge >= 0.3 is 6.18 Å². The summed E-state index contributed by atoms with van der Waals surface area (Å²) in [5.41, 5.74) is -0.104. The highest BCUT2D eigenvalue weighted by Crippen LogP contribution is 2.33. The van der Waals surface area contributed by atoms with Crippen molar-refractivity contribution in [2.24, 2.45) is 0 Å². The second-order valence-corrected chi connectivity index (χ2v) is 9.97. The number of para-hydroxylation sites is 1. The first kappa shape index (κ1) is 23.0. The minimum atomic E-state index is -4.51. The Labute approximate surface area is 207 Å². The van der Waals surface area contributed by atoms with Crippen LogP contribution in [-0.2, 0) is 19.3 Å². The lowest BCUT2D eigenvalue weighted by atomic mass is 10.1. The Kier molecular flexibility index (Phi) is 5.67. The number of rotatable bonds is 4. The Morgan fingerprint density at radius 2 is 2.00 bits per heavy atom. The van der Waals surface area contributed by atoms with Crippen LogP contribution < -0.4 is 21.1 Å². The molecule has 188 valence electrons. The highest BCUT2D eigenvalue weighted by Gasteiger charge is 2.36. The Hall–Kier alpha value is -3.45. The maximum absolute atomic E-state index is 13.4. The van der Waals surface area contributed by atoms with Crippen molar-refractivity contribution >= 4 is 33.3 Å². The highest BCUT2D eigenvalue weighted by atomic mass is 32.1. The van der Waals surface area contributed by atoms with Gasteiger partial charge in [-0.05, 0) is 31.5 Å². The third kappa shape index (κ3) is 4.32. The van der Waals surface area contributed by atoms with E-state index in [4.69, 9.17) is 4.98 Å². The lowest BCUT2D eigenvalue weighted by Gasteiger charge is -2.29. The summed E-state index contributed by atoms with van der Waals surface area (Å²) in [6, 6.07) is 7.76. The quantitative estimate of drug-likeness (QED) is 0.382. The zero-order valence-corrected chi connectivity index (χ0v) is 19.9. The Bertz CT molecular complexity index is 1440. The van der Waals surface area contributed by atoms with Crippen molar-refractivity contribution in [3.63, 3.8) is 0 Å². The van der Waals surface area contributed by atoms with Crippen molar-refractivity contribution in [1.29, 1.82) is 0 Å². The van der Waals surface area contributed by atoms with Gasteiger partial charge in [-0.3, -0.25) is 9.78 Å². The van der Waals surface area contributed by atoms with Gasteiger partial charge in [-0.15, -0.1) is 11.3 Å². The third-order valence-corrected chi connectivity index (χ3v) is 7.50. The Morgan fingerprint density at radius 1 is 1.14 bits per heavy atom. The first-order chi connectivity index (χ1) is 17.3. The molecule has 4 aromatic rings. The van der Waals surface area contributed by atoms with Gasteiger partial charge in [0.05, 0.1) is 16.8 Å². The molecule has 36 heavy (non-hydrogen) atoms. The van der Waals surface area contributed by atoms with Crippen molar-refractivity contribution in [3.05, 3.63) is 52.3 Å². The van der Waals surface area contributed by atoms with Gasteiger partial charge in [-0.1, -0.05) is 12.1 Å². The minimum Gasteiger partial charge on any atom is -0.365 e. The van der Waals surface area contributed by atoms with Gasteiger partial charge in [0.2, 0.25) is 5.95 Å². The molecule has 9 nitrogen and oxygen atoms in total. The molecule has 1 atom stereocenters. The molecule has 2 aliphatic rings. The number of anilines is 2. The second-order valence-electron chi connectivity index (χ2n) is 8.94. The molecule has 5 heterocycles.